The molecule has 0 aliphatic carbocycles. The van der Waals surface area contributed by atoms with E-state index in [0.717, 1.165) is 41.5 Å². The molecule has 1 fully saturated rings. The highest BCUT2D eigenvalue weighted by molar-refractivity contribution is 6.04. The predicted octanol–water partition coefficient (Wildman–Crippen LogP) is 3.50. The van der Waals surface area contributed by atoms with Crippen LogP contribution in [-0.2, 0) is 0 Å². The van der Waals surface area contributed by atoms with Crippen molar-refractivity contribution in [2.75, 3.05) is 13.1 Å². The van der Waals surface area contributed by atoms with Gasteiger partial charge in [-0.05, 0) is 24.8 Å². The SMILES string of the molecule is CC(C)c1cc(C2CCCN(C(=O)c3nncc4ccccc34)C2)[nH]n1. The van der Waals surface area contributed by atoms with Gasteiger partial charge in [0.25, 0.3) is 5.91 Å². The van der Waals surface area contributed by atoms with Gasteiger partial charge in [-0.15, -0.1) is 5.10 Å². The summed E-state index contributed by atoms with van der Waals surface area (Å²) in [5.41, 5.74) is 2.63. The minimum absolute atomic E-state index is 0.0393. The van der Waals surface area contributed by atoms with Crippen LogP contribution in [0.5, 0.6) is 0 Å². The molecule has 4 rings (SSSR count). The Labute approximate surface area is 152 Å². The molecule has 1 atom stereocenters. The molecule has 2 aromatic heterocycles. The van der Waals surface area contributed by atoms with Crippen molar-refractivity contribution in [1.29, 1.82) is 0 Å². The number of carbonyl (C=O) groups is 1. The molecular weight excluding hydrogens is 326 g/mol. The molecule has 1 aromatic carbocycles. The van der Waals surface area contributed by atoms with E-state index in [1.165, 1.54) is 0 Å². The highest BCUT2D eigenvalue weighted by atomic mass is 16.2. The third-order valence-electron chi connectivity index (χ3n) is 5.13. The zero-order chi connectivity index (χ0) is 18.1. The first kappa shape index (κ1) is 16.7. The fraction of sp³-hybridized carbons (Fsp3) is 0.400. The van der Waals surface area contributed by atoms with Gasteiger partial charge >= 0.3 is 0 Å². The van der Waals surface area contributed by atoms with E-state index in [1.54, 1.807) is 6.20 Å². The smallest absolute Gasteiger partial charge is 0.275 e. The fourth-order valence-electron chi connectivity index (χ4n) is 3.61. The Bertz CT molecular complexity index is 927. The molecule has 26 heavy (non-hydrogen) atoms. The van der Waals surface area contributed by atoms with Gasteiger partial charge < -0.3 is 4.90 Å². The van der Waals surface area contributed by atoms with Gasteiger partial charge in [-0.2, -0.15) is 10.2 Å². The van der Waals surface area contributed by atoms with E-state index in [-0.39, 0.29) is 11.8 Å². The highest BCUT2D eigenvalue weighted by Gasteiger charge is 2.28. The maximum atomic E-state index is 13.1. The predicted molar refractivity (Wildman–Crippen MR) is 100 cm³/mol. The summed E-state index contributed by atoms with van der Waals surface area (Å²) in [5.74, 6) is 0.644. The summed E-state index contributed by atoms with van der Waals surface area (Å²) in [5, 5.41) is 17.5. The molecule has 134 valence electrons. The van der Waals surface area contributed by atoms with Crippen LogP contribution in [0, 0.1) is 0 Å². The molecule has 0 bridgehead atoms. The molecule has 0 saturated carbocycles. The number of amides is 1. The molecule has 1 aliphatic heterocycles. The molecule has 1 N–H and O–H groups in total. The zero-order valence-corrected chi connectivity index (χ0v) is 15.1. The van der Waals surface area contributed by atoms with E-state index in [0.29, 0.717) is 18.2 Å². The molecule has 0 spiro atoms. The lowest BCUT2D eigenvalue weighted by molar-refractivity contribution is 0.0701. The number of benzene rings is 1. The number of rotatable bonds is 3. The van der Waals surface area contributed by atoms with Crippen LogP contribution in [-0.4, -0.2) is 44.3 Å². The topological polar surface area (TPSA) is 74.8 Å². The van der Waals surface area contributed by atoms with E-state index in [9.17, 15) is 4.79 Å². The monoisotopic (exact) mass is 349 g/mol. The number of nitrogens with one attached hydrogen (secondary N) is 1. The molecule has 0 radical (unpaired) electrons. The summed E-state index contributed by atoms with van der Waals surface area (Å²) < 4.78 is 0. The summed E-state index contributed by atoms with van der Waals surface area (Å²) in [7, 11) is 0. The number of H-pyrrole nitrogens is 1. The van der Waals surface area contributed by atoms with Crippen molar-refractivity contribution in [3.8, 4) is 0 Å². The number of aromatic nitrogens is 4. The number of carbonyl (C=O) groups excluding carboxylic acids is 1. The minimum atomic E-state index is -0.0393. The number of aromatic amines is 1. The third-order valence-corrected chi connectivity index (χ3v) is 5.13. The van der Waals surface area contributed by atoms with Gasteiger partial charge in [0.1, 0.15) is 0 Å². The summed E-state index contributed by atoms with van der Waals surface area (Å²) in [4.78, 5) is 15.0. The van der Waals surface area contributed by atoms with Crippen molar-refractivity contribution >= 4 is 16.7 Å². The third kappa shape index (κ3) is 3.07. The second-order valence-electron chi connectivity index (χ2n) is 7.27. The molecule has 1 saturated heterocycles. The van der Waals surface area contributed by atoms with E-state index < -0.39 is 0 Å². The van der Waals surface area contributed by atoms with Crippen LogP contribution in [0.1, 0.15) is 60.4 Å². The Balaban J connectivity index is 1.58. The van der Waals surface area contributed by atoms with Crippen LogP contribution >= 0.6 is 0 Å². The average Bonchev–Trinajstić information content (AvgIpc) is 3.18. The van der Waals surface area contributed by atoms with E-state index >= 15 is 0 Å². The van der Waals surface area contributed by atoms with Crippen LogP contribution in [0.4, 0.5) is 0 Å². The normalized spacial score (nSPS) is 17.8. The largest absolute Gasteiger partial charge is 0.337 e. The first-order chi connectivity index (χ1) is 12.6. The first-order valence-corrected chi connectivity index (χ1v) is 9.18. The van der Waals surface area contributed by atoms with Gasteiger partial charge in [0.2, 0.25) is 0 Å². The van der Waals surface area contributed by atoms with Gasteiger partial charge in [-0.3, -0.25) is 9.89 Å². The van der Waals surface area contributed by atoms with Gasteiger partial charge in [0.15, 0.2) is 5.69 Å². The molecule has 3 aromatic rings. The lowest BCUT2D eigenvalue weighted by Gasteiger charge is -2.32. The van der Waals surface area contributed by atoms with Gasteiger partial charge in [-0.25, -0.2) is 0 Å². The number of nitrogens with zero attached hydrogens (tertiary/aromatic N) is 4. The van der Waals surface area contributed by atoms with E-state index in [4.69, 9.17) is 0 Å². The van der Waals surface area contributed by atoms with Gasteiger partial charge in [-0.1, -0.05) is 38.1 Å². The number of piperidine rings is 1. The lowest BCUT2D eigenvalue weighted by atomic mass is 9.93. The quantitative estimate of drug-likeness (QED) is 0.785. The summed E-state index contributed by atoms with van der Waals surface area (Å²) in [6.07, 6.45) is 3.73. The van der Waals surface area contributed by atoms with Crippen LogP contribution < -0.4 is 0 Å². The second-order valence-corrected chi connectivity index (χ2v) is 7.27. The van der Waals surface area contributed by atoms with Gasteiger partial charge in [0.05, 0.1) is 11.9 Å². The van der Waals surface area contributed by atoms with Crippen LogP contribution in [0.15, 0.2) is 36.5 Å². The van der Waals surface area contributed by atoms with Crippen molar-refractivity contribution in [2.24, 2.45) is 0 Å². The molecular formula is C20H23N5O. The number of hydrogen-bond donors (Lipinski definition) is 1. The lowest BCUT2D eigenvalue weighted by Crippen LogP contribution is -2.39. The molecule has 1 unspecified atom stereocenters. The molecule has 1 amide bonds. The fourth-order valence-corrected chi connectivity index (χ4v) is 3.61. The van der Waals surface area contributed by atoms with E-state index in [2.05, 4.69) is 40.3 Å². The molecule has 6 heteroatoms. The Kier molecular flexibility index (Phi) is 4.41. The molecule has 3 heterocycles. The standard InChI is InChI=1S/C20H23N5O/c1-13(2)17-10-18(23-22-17)15-7-5-9-25(12-15)20(26)19-16-8-4-3-6-14(16)11-21-24-19/h3-4,6,8,10-11,13,15H,5,7,9,12H2,1-2H3,(H,22,23). The maximum absolute atomic E-state index is 13.1. The summed E-state index contributed by atoms with van der Waals surface area (Å²) >= 11 is 0. The Morgan fingerprint density at radius 2 is 2.15 bits per heavy atom. The van der Waals surface area contributed by atoms with Crippen molar-refractivity contribution in [2.45, 2.75) is 38.5 Å². The number of fused-ring (bicyclic) bond motifs is 1. The van der Waals surface area contributed by atoms with Crippen molar-refractivity contribution in [1.82, 2.24) is 25.3 Å². The summed E-state index contributed by atoms with van der Waals surface area (Å²) in [6, 6.07) is 9.90. The van der Waals surface area contributed by atoms with Crippen LogP contribution in [0.25, 0.3) is 10.8 Å². The Morgan fingerprint density at radius 1 is 1.31 bits per heavy atom. The van der Waals surface area contributed by atoms with Crippen molar-refractivity contribution < 1.29 is 4.79 Å². The first-order valence-electron chi connectivity index (χ1n) is 9.18. The molecule has 1 aliphatic rings. The van der Waals surface area contributed by atoms with Crippen LogP contribution in [0.2, 0.25) is 0 Å². The van der Waals surface area contributed by atoms with Crippen molar-refractivity contribution in [3.05, 3.63) is 53.6 Å². The maximum Gasteiger partial charge on any atom is 0.275 e. The second kappa shape index (κ2) is 6.86. The number of likely N-dealkylation sites (tertiary alicyclic amines) is 1. The number of hydrogen-bond acceptors (Lipinski definition) is 4. The van der Waals surface area contributed by atoms with Crippen molar-refractivity contribution in [3.63, 3.8) is 0 Å². The average molecular weight is 349 g/mol. The van der Waals surface area contributed by atoms with E-state index in [1.807, 2.05) is 29.2 Å². The Hall–Kier alpha value is -2.76. The van der Waals surface area contributed by atoms with Gasteiger partial charge in [0, 0.05) is 35.5 Å². The zero-order valence-electron chi connectivity index (χ0n) is 15.1. The Morgan fingerprint density at radius 3 is 2.96 bits per heavy atom. The minimum Gasteiger partial charge on any atom is -0.337 e. The molecule has 6 nitrogen and oxygen atoms in total. The summed E-state index contributed by atoms with van der Waals surface area (Å²) in [6.45, 7) is 5.71. The highest BCUT2D eigenvalue weighted by Crippen LogP contribution is 2.28. The van der Waals surface area contributed by atoms with Crippen LogP contribution in [0.3, 0.4) is 0 Å².